The van der Waals surface area contributed by atoms with Crippen LogP contribution in [-0.2, 0) is 17.8 Å². The Kier molecular flexibility index (Phi) is 10.8. The van der Waals surface area contributed by atoms with Crippen molar-refractivity contribution in [2.24, 2.45) is 46.7 Å². The Morgan fingerprint density at radius 3 is 2.42 bits per heavy atom. The number of carbonyl (C=O) groups is 3. The van der Waals surface area contributed by atoms with Crippen LogP contribution < -0.4 is 11.1 Å². The molecule has 0 aliphatic heterocycles. The Morgan fingerprint density at radius 2 is 1.69 bits per heavy atom. The summed E-state index contributed by atoms with van der Waals surface area (Å²) in [5.74, 6) is 2.55. The van der Waals surface area contributed by atoms with Crippen LogP contribution in [0.15, 0.2) is 66.5 Å². The first-order valence-electron chi connectivity index (χ1n) is 20.2. The number of nitrogens with one attached hydrogen (secondary N) is 1. The number of nitrogens with zero attached hydrogens (tertiary/aromatic N) is 2. The fourth-order valence-corrected chi connectivity index (χ4v) is 10.6. The number of hydrogen-bond donors (Lipinski definition) is 2. The van der Waals surface area contributed by atoms with E-state index >= 15 is 0 Å². The van der Waals surface area contributed by atoms with E-state index in [1.54, 1.807) is 12.1 Å². The monoisotopic (exact) mass is 704 g/mol. The third-order valence-electron chi connectivity index (χ3n) is 14.1. The highest BCUT2D eigenvalue weighted by atomic mass is 16.2. The molecule has 1 aromatic heterocycles. The summed E-state index contributed by atoms with van der Waals surface area (Å²) in [6.07, 6.45) is 17.1. The number of aromatic nitrogens is 1. The smallest absolute Gasteiger partial charge is 0.269 e. The van der Waals surface area contributed by atoms with Crippen LogP contribution >= 0.6 is 0 Å². The Morgan fingerprint density at radius 1 is 0.962 bits per heavy atom. The first-order chi connectivity index (χ1) is 25.0. The molecule has 7 heteroatoms. The lowest BCUT2D eigenvalue weighted by Gasteiger charge is -2.64. The molecule has 52 heavy (non-hydrogen) atoms. The molecule has 0 radical (unpaired) electrons. The molecule has 8 rings (SSSR count). The fraction of sp³-hybridized carbons (Fsp3) is 0.578. The summed E-state index contributed by atoms with van der Waals surface area (Å²) in [5, 5.41) is 4.98. The van der Waals surface area contributed by atoms with Crippen molar-refractivity contribution >= 4 is 28.5 Å². The maximum atomic E-state index is 14.0. The van der Waals surface area contributed by atoms with Crippen LogP contribution in [0.2, 0.25) is 0 Å². The fourth-order valence-electron chi connectivity index (χ4n) is 10.6. The van der Waals surface area contributed by atoms with E-state index in [1.165, 1.54) is 61.1 Å². The number of amides is 1. The first-order valence-corrected chi connectivity index (χ1v) is 20.2. The zero-order chi connectivity index (χ0) is 36.6. The summed E-state index contributed by atoms with van der Waals surface area (Å²) in [6, 6.07) is 15.7. The maximum Gasteiger partial charge on any atom is 0.269 e. The molecule has 3 N–H and O–H groups in total. The van der Waals surface area contributed by atoms with Gasteiger partial charge in [-0.25, -0.2) is 0 Å². The van der Waals surface area contributed by atoms with E-state index < -0.39 is 0 Å². The Hall–Kier alpha value is -3.71. The van der Waals surface area contributed by atoms with E-state index in [0.29, 0.717) is 23.3 Å². The van der Waals surface area contributed by atoms with Gasteiger partial charge in [-0.1, -0.05) is 95.7 Å². The van der Waals surface area contributed by atoms with Gasteiger partial charge < -0.3 is 16.0 Å². The van der Waals surface area contributed by atoms with Crippen LogP contribution in [0, 0.1) is 40.9 Å². The van der Waals surface area contributed by atoms with Gasteiger partial charge in [-0.3, -0.25) is 19.0 Å². The summed E-state index contributed by atoms with van der Waals surface area (Å²) in [6.45, 7) is 8.95. The molecule has 5 fully saturated rings. The van der Waals surface area contributed by atoms with Crippen LogP contribution in [0.5, 0.6) is 0 Å². The second kappa shape index (κ2) is 15.3. The second-order valence-corrected chi connectivity index (χ2v) is 17.5. The van der Waals surface area contributed by atoms with Gasteiger partial charge in [0.1, 0.15) is 5.70 Å². The van der Waals surface area contributed by atoms with Gasteiger partial charge in [-0.15, -0.1) is 0 Å². The lowest BCUT2D eigenvalue weighted by molar-refractivity contribution is -0.155. The van der Waals surface area contributed by atoms with Crippen molar-refractivity contribution in [3.63, 3.8) is 0 Å². The molecule has 0 spiro atoms. The number of hydrogen-bond acceptors (Lipinski definition) is 5. The normalized spacial score (nSPS) is 27.6. The third-order valence-corrected chi connectivity index (χ3v) is 14.1. The molecule has 2 aromatic carbocycles. The van der Waals surface area contributed by atoms with Crippen LogP contribution in [0.25, 0.3) is 10.9 Å². The van der Waals surface area contributed by atoms with Crippen LogP contribution in [0.1, 0.15) is 118 Å². The molecule has 3 aromatic rings. The summed E-state index contributed by atoms with van der Waals surface area (Å²) < 4.78 is 1.97. The lowest BCUT2D eigenvalue weighted by atomic mass is 9.43. The molecule has 1 amide bonds. The van der Waals surface area contributed by atoms with E-state index in [-0.39, 0.29) is 46.6 Å². The van der Waals surface area contributed by atoms with Crippen molar-refractivity contribution < 1.29 is 14.4 Å². The lowest BCUT2D eigenvalue weighted by Crippen LogP contribution is -2.62. The topological polar surface area (TPSA) is 97.4 Å². The number of carbonyl (C=O) groups excluding carboxylic acids is 3. The third kappa shape index (κ3) is 7.27. The molecule has 6 atom stereocenters. The molecular formula is C45H60N4O3. The first kappa shape index (κ1) is 36.6. The number of nitrogens with two attached hydrogens (primary N) is 1. The largest absolute Gasteiger partial charge is 0.394 e. The van der Waals surface area contributed by atoms with E-state index in [4.69, 9.17) is 5.73 Å². The van der Waals surface area contributed by atoms with Crippen LogP contribution in [0.3, 0.4) is 0 Å². The summed E-state index contributed by atoms with van der Waals surface area (Å²) in [4.78, 5) is 42.5. The summed E-state index contributed by atoms with van der Waals surface area (Å²) in [7, 11) is 1.86. The molecule has 5 saturated carbocycles. The minimum atomic E-state index is -0.284. The van der Waals surface area contributed by atoms with Crippen LogP contribution in [-0.4, -0.2) is 46.7 Å². The molecule has 5 aliphatic carbocycles. The van der Waals surface area contributed by atoms with E-state index in [1.807, 2.05) is 34.7 Å². The van der Waals surface area contributed by atoms with Gasteiger partial charge >= 0.3 is 0 Å². The average molecular weight is 705 g/mol. The predicted molar refractivity (Wildman–Crippen MR) is 209 cm³/mol. The zero-order valence-electron chi connectivity index (χ0n) is 31.9. The molecule has 2 bridgehead atoms. The Bertz CT molecular complexity index is 1800. The molecular weight excluding hydrogens is 645 g/mol. The maximum absolute atomic E-state index is 14.0. The van der Waals surface area contributed by atoms with Gasteiger partial charge in [0.2, 0.25) is 5.91 Å². The zero-order valence-corrected chi connectivity index (χ0v) is 31.9. The average Bonchev–Trinajstić information content (AvgIpc) is 3.52. The number of ketones is 1. The van der Waals surface area contributed by atoms with Crippen molar-refractivity contribution in [3.8, 4) is 0 Å². The Balaban J connectivity index is 1.15. The standard InChI is InChI=1S/C45H60N4O3/c1-29-13-11-12-18-33(29)26-47-27-34-28-49(43(51)32-16-9-6-10-17-32)40-20-19-30(21-36(34)40)22-37-38-23-35(45(38,2)3)24-41(37)48(4)44(52)39(46)25-42(50)31-14-7-5-8-15-31/h5,7-8,14-15,19-21,25,28-29,32-33,35,37-38,41,47H,6,9-13,16-18,22-24,26-27,46H2,1-4H3/t29-,33?,35-,37+,38+,41?/m0/s1. The van der Waals surface area contributed by atoms with Crippen molar-refractivity contribution in [3.05, 3.63) is 83.2 Å². The minimum Gasteiger partial charge on any atom is -0.394 e. The highest BCUT2D eigenvalue weighted by Gasteiger charge is 2.58. The highest BCUT2D eigenvalue weighted by molar-refractivity contribution is 6.09. The highest BCUT2D eigenvalue weighted by Crippen LogP contribution is 2.62. The number of allylic oxidation sites excluding steroid dienone is 1. The van der Waals surface area contributed by atoms with E-state index in [0.717, 1.165) is 63.0 Å². The summed E-state index contributed by atoms with van der Waals surface area (Å²) in [5.41, 5.74) is 10.5. The minimum absolute atomic E-state index is 0.0150. The molecule has 7 nitrogen and oxygen atoms in total. The molecule has 5 aliphatic rings. The molecule has 2 unspecified atom stereocenters. The quantitative estimate of drug-likeness (QED) is 0.154. The van der Waals surface area contributed by atoms with E-state index in [9.17, 15) is 14.4 Å². The van der Waals surface area contributed by atoms with Gasteiger partial charge in [0.15, 0.2) is 5.78 Å². The van der Waals surface area contributed by atoms with Gasteiger partial charge in [-0.2, -0.15) is 0 Å². The molecule has 1 heterocycles. The van der Waals surface area contributed by atoms with Gasteiger partial charge in [0.25, 0.3) is 5.91 Å². The van der Waals surface area contributed by atoms with Gasteiger partial charge in [0.05, 0.1) is 5.52 Å². The van der Waals surface area contributed by atoms with E-state index in [2.05, 4.69) is 50.5 Å². The second-order valence-electron chi connectivity index (χ2n) is 17.5. The SMILES string of the molecule is C[C@H]1CCCCC1CNCc1cn(C(=O)C2CCCCC2)c2ccc(C[C@H]3C(N(C)C(=O)C(N)=CC(=O)c4ccccc4)C[C@@H]4C[C@H]3C4(C)C)cc12. The number of benzene rings is 2. The van der Waals surface area contributed by atoms with Crippen molar-refractivity contribution in [1.29, 1.82) is 0 Å². The van der Waals surface area contributed by atoms with Crippen LogP contribution in [0.4, 0.5) is 0 Å². The number of rotatable bonds is 11. The Labute approximate surface area is 310 Å². The van der Waals surface area contributed by atoms with Gasteiger partial charge in [0, 0.05) is 48.8 Å². The predicted octanol–water partition coefficient (Wildman–Crippen LogP) is 8.55. The number of fused-ring (bicyclic) bond motifs is 3. The summed E-state index contributed by atoms with van der Waals surface area (Å²) >= 11 is 0. The molecule has 0 saturated heterocycles. The van der Waals surface area contributed by atoms with Crippen molar-refractivity contribution in [2.45, 2.75) is 110 Å². The molecule has 278 valence electrons. The van der Waals surface area contributed by atoms with Crippen molar-refractivity contribution in [1.82, 2.24) is 14.8 Å². The van der Waals surface area contributed by atoms with Gasteiger partial charge in [-0.05, 0) is 103 Å². The van der Waals surface area contributed by atoms with Crippen molar-refractivity contribution in [2.75, 3.05) is 13.6 Å². The number of likely N-dealkylation sites (N-methyl/N-ethyl adjacent to an activating group) is 1.